The highest BCUT2D eigenvalue weighted by Crippen LogP contribution is 2.20. The maximum atomic E-state index is 12.4. The molecule has 2 atom stereocenters. The van der Waals surface area contributed by atoms with Gasteiger partial charge >= 0.3 is 0 Å². The largest absolute Gasteiger partial charge is 0.381 e. The van der Waals surface area contributed by atoms with Gasteiger partial charge in [-0.05, 0) is 31.2 Å². The molecular formula is C17H27ClN2O2. The predicted molar refractivity (Wildman–Crippen MR) is 91.0 cm³/mol. The number of halogens is 1. The molecule has 1 aromatic rings. The number of piperidine rings is 1. The van der Waals surface area contributed by atoms with Crippen LogP contribution in [0.4, 0.5) is 0 Å². The summed E-state index contributed by atoms with van der Waals surface area (Å²) >= 11 is 0. The number of nitrogens with zero attached hydrogens (tertiary/aromatic N) is 1. The van der Waals surface area contributed by atoms with Gasteiger partial charge in [0.1, 0.15) is 0 Å². The molecule has 0 aliphatic carbocycles. The predicted octanol–water partition coefficient (Wildman–Crippen LogP) is 2.77. The third kappa shape index (κ3) is 5.59. The van der Waals surface area contributed by atoms with Crippen molar-refractivity contribution in [3.8, 4) is 0 Å². The molecule has 124 valence electrons. The van der Waals surface area contributed by atoms with E-state index < -0.39 is 0 Å². The Morgan fingerprint density at radius 1 is 1.41 bits per heavy atom. The Kier molecular flexibility index (Phi) is 8.46. The molecule has 0 aromatic heterocycles. The fourth-order valence-electron chi connectivity index (χ4n) is 2.85. The fraction of sp³-hybridized carbons (Fsp3) is 0.588. The minimum Gasteiger partial charge on any atom is -0.381 e. The monoisotopic (exact) mass is 326 g/mol. The van der Waals surface area contributed by atoms with Crippen molar-refractivity contribution in [2.75, 3.05) is 26.3 Å². The first-order valence-electron chi connectivity index (χ1n) is 7.86. The van der Waals surface area contributed by atoms with Gasteiger partial charge in [0.25, 0.3) is 0 Å². The van der Waals surface area contributed by atoms with Crippen LogP contribution in [0, 0.1) is 5.92 Å². The summed E-state index contributed by atoms with van der Waals surface area (Å²) in [5.74, 6) is 0.628. The number of amides is 1. The zero-order valence-corrected chi connectivity index (χ0v) is 14.1. The van der Waals surface area contributed by atoms with Crippen LogP contribution < -0.4 is 5.73 Å². The van der Waals surface area contributed by atoms with Crippen LogP contribution in [0.3, 0.4) is 0 Å². The molecule has 1 fully saturated rings. The van der Waals surface area contributed by atoms with Crippen molar-refractivity contribution in [2.24, 2.45) is 11.7 Å². The maximum absolute atomic E-state index is 12.4. The first-order chi connectivity index (χ1) is 10.2. The van der Waals surface area contributed by atoms with E-state index >= 15 is 0 Å². The van der Waals surface area contributed by atoms with Gasteiger partial charge in [-0.2, -0.15) is 0 Å². The smallest absolute Gasteiger partial charge is 0.224 e. The first-order valence-corrected chi connectivity index (χ1v) is 7.86. The number of carbonyl (C=O) groups excluding carboxylic acids is 1. The van der Waals surface area contributed by atoms with Crippen molar-refractivity contribution in [2.45, 2.75) is 32.2 Å². The van der Waals surface area contributed by atoms with Crippen LogP contribution in [0.15, 0.2) is 30.3 Å². The lowest BCUT2D eigenvalue weighted by Gasteiger charge is -2.33. The van der Waals surface area contributed by atoms with Crippen molar-refractivity contribution in [3.63, 3.8) is 0 Å². The molecule has 1 aromatic carbocycles. The normalized spacial score (nSPS) is 19.4. The van der Waals surface area contributed by atoms with Crippen LogP contribution in [0.2, 0.25) is 0 Å². The van der Waals surface area contributed by atoms with Crippen molar-refractivity contribution >= 4 is 18.3 Å². The van der Waals surface area contributed by atoms with Gasteiger partial charge in [-0.3, -0.25) is 4.79 Å². The number of carbonyl (C=O) groups is 1. The molecule has 2 unspecified atom stereocenters. The summed E-state index contributed by atoms with van der Waals surface area (Å²) in [5, 5.41) is 0. The minimum atomic E-state index is -0.217. The lowest BCUT2D eigenvalue weighted by Crippen LogP contribution is -2.42. The second kappa shape index (κ2) is 9.82. The van der Waals surface area contributed by atoms with E-state index in [1.807, 2.05) is 42.2 Å². The summed E-state index contributed by atoms with van der Waals surface area (Å²) in [4.78, 5) is 14.4. The highest BCUT2D eigenvalue weighted by atomic mass is 35.5. The number of ether oxygens (including phenoxy) is 1. The molecule has 4 nitrogen and oxygen atoms in total. The van der Waals surface area contributed by atoms with Crippen molar-refractivity contribution in [1.82, 2.24) is 4.90 Å². The molecule has 1 aliphatic heterocycles. The Bertz CT molecular complexity index is 442. The van der Waals surface area contributed by atoms with Crippen LogP contribution in [0.25, 0.3) is 0 Å². The van der Waals surface area contributed by atoms with Gasteiger partial charge in [-0.1, -0.05) is 30.3 Å². The quantitative estimate of drug-likeness (QED) is 0.874. The topological polar surface area (TPSA) is 55.6 Å². The van der Waals surface area contributed by atoms with Crippen LogP contribution >= 0.6 is 12.4 Å². The van der Waals surface area contributed by atoms with Gasteiger partial charge in [-0.25, -0.2) is 0 Å². The molecule has 2 N–H and O–H groups in total. The van der Waals surface area contributed by atoms with Crippen molar-refractivity contribution in [3.05, 3.63) is 35.9 Å². The van der Waals surface area contributed by atoms with Crippen LogP contribution in [0.1, 0.15) is 37.8 Å². The summed E-state index contributed by atoms with van der Waals surface area (Å²) in [5.41, 5.74) is 7.17. The molecule has 1 amide bonds. The SMILES string of the molecule is CCOCC1CCCN(C(=O)CC(N)c2ccccc2)C1.Cl. The molecule has 1 saturated heterocycles. The summed E-state index contributed by atoms with van der Waals surface area (Å²) in [6, 6.07) is 9.61. The molecule has 0 spiro atoms. The highest BCUT2D eigenvalue weighted by molar-refractivity contribution is 5.85. The van der Waals surface area contributed by atoms with Gasteiger partial charge in [0, 0.05) is 32.2 Å². The van der Waals surface area contributed by atoms with E-state index in [1.54, 1.807) is 0 Å². The Morgan fingerprint density at radius 3 is 2.82 bits per heavy atom. The molecule has 2 rings (SSSR count). The molecule has 0 saturated carbocycles. The van der Waals surface area contributed by atoms with E-state index in [-0.39, 0.29) is 24.4 Å². The molecule has 5 heteroatoms. The number of hydrogen-bond acceptors (Lipinski definition) is 3. The van der Waals surface area contributed by atoms with Gasteiger partial charge in [-0.15, -0.1) is 12.4 Å². The van der Waals surface area contributed by atoms with Crippen molar-refractivity contribution in [1.29, 1.82) is 0 Å². The number of likely N-dealkylation sites (tertiary alicyclic amines) is 1. The lowest BCUT2D eigenvalue weighted by molar-refractivity contribution is -0.133. The Balaban J connectivity index is 0.00000242. The molecular weight excluding hydrogens is 300 g/mol. The van der Waals surface area contributed by atoms with Crippen LogP contribution in [-0.4, -0.2) is 37.1 Å². The second-order valence-corrected chi connectivity index (χ2v) is 5.73. The second-order valence-electron chi connectivity index (χ2n) is 5.73. The van der Waals surface area contributed by atoms with E-state index in [1.165, 1.54) is 0 Å². The summed E-state index contributed by atoms with van der Waals surface area (Å²) in [7, 11) is 0. The third-order valence-corrected chi connectivity index (χ3v) is 4.05. The standard InChI is InChI=1S/C17H26N2O2.ClH/c1-2-21-13-14-7-6-10-19(12-14)17(20)11-16(18)15-8-4-3-5-9-15;/h3-5,8-9,14,16H,2,6-7,10-13,18H2,1H3;1H. The van der Waals surface area contributed by atoms with Gasteiger partial charge in [0.15, 0.2) is 0 Å². The summed E-state index contributed by atoms with van der Waals surface area (Å²) < 4.78 is 5.49. The average molecular weight is 327 g/mol. The molecule has 22 heavy (non-hydrogen) atoms. The molecule has 0 radical (unpaired) electrons. The van der Waals surface area contributed by atoms with Crippen LogP contribution in [0.5, 0.6) is 0 Å². The first kappa shape index (κ1) is 18.9. The van der Waals surface area contributed by atoms with E-state index in [2.05, 4.69) is 0 Å². The molecule has 0 bridgehead atoms. The van der Waals surface area contributed by atoms with E-state index in [0.29, 0.717) is 12.3 Å². The van der Waals surface area contributed by atoms with Crippen LogP contribution in [-0.2, 0) is 9.53 Å². The van der Waals surface area contributed by atoms with Gasteiger partial charge < -0.3 is 15.4 Å². The van der Waals surface area contributed by atoms with Gasteiger partial charge in [0.05, 0.1) is 6.61 Å². The van der Waals surface area contributed by atoms with Gasteiger partial charge in [0.2, 0.25) is 5.91 Å². The number of nitrogens with two attached hydrogens (primary N) is 1. The van der Waals surface area contributed by atoms with Crippen molar-refractivity contribution < 1.29 is 9.53 Å². The fourth-order valence-corrected chi connectivity index (χ4v) is 2.85. The number of rotatable bonds is 6. The maximum Gasteiger partial charge on any atom is 0.224 e. The molecule has 1 aliphatic rings. The minimum absolute atomic E-state index is 0. The number of hydrogen-bond donors (Lipinski definition) is 1. The molecule has 1 heterocycles. The highest BCUT2D eigenvalue weighted by Gasteiger charge is 2.25. The Morgan fingerprint density at radius 2 is 2.14 bits per heavy atom. The zero-order valence-electron chi connectivity index (χ0n) is 13.2. The summed E-state index contributed by atoms with van der Waals surface area (Å²) in [6.45, 7) is 5.16. The summed E-state index contributed by atoms with van der Waals surface area (Å²) in [6.07, 6.45) is 2.59. The van der Waals surface area contributed by atoms with E-state index in [9.17, 15) is 4.79 Å². The number of benzene rings is 1. The van der Waals surface area contributed by atoms with E-state index in [0.717, 1.165) is 44.7 Å². The van der Waals surface area contributed by atoms with E-state index in [4.69, 9.17) is 10.5 Å². The zero-order chi connectivity index (χ0) is 15.1. The Hall–Kier alpha value is -1.10. The Labute approximate surface area is 139 Å². The average Bonchev–Trinajstić information content (AvgIpc) is 2.54. The lowest BCUT2D eigenvalue weighted by atomic mass is 9.97. The third-order valence-electron chi connectivity index (χ3n) is 4.05.